The molecule has 0 aromatic heterocycles. The highest BCUT2D eigenvalue weighted by atomic mass is 32.1. The molecule has 0 aliphatic heterocycles. The second kappa shape index (κ2) is 5.74. The number of para-hydroxylation sites is 1. The van der Waals surface area contributed by atoms with Crippen molar-refractivity contribution in [2.75, 3.05) is 5.32 Å². The number of hydrogen-bond acceptors (Lipinski definition) is 1. The first-order chi connectivity index (χ1) is 8.65. The zero-order valence-corrected chi connectivity index (χ0v) is 11.1. The first kappa shape index (κ1) is 12.7. The van der Waals surface area contributed by atoms with Crippen molar-refractivity contribution in [3.05, 3.63) is 65.2 Å². The Morgan fingerprint density at radius 2 is 1.94 bits per heavy atom. The standard InChI is InChI=1S/C15H15NOS/c1-11-5-4-6-12(9-11)10-13-7-2-3-8-14(13)16-15(17)18/h2-9H,10H2,1H3,(H2,16,17,18). The van der Waals surface area contributed by atoms with Crippen LogP contribution in [0.3, 0.4) is 0 Å². The Balaban J connectivity index is 2.26. The van der Waals surface area contributed by atoms with Crippen LogP contribution >= 0.6 is 12.6 Å². The molecule has 0 heterocycles. The minimum absolute atomic E-state index is 0.341. The monoisotopic (exact) mass is 257 g/mol. The summed E-state index contributed by atoms with van der Waals surface area (Å²) in [6, 6.07) is 16.1. The van der Waals surface area contributed by atoms with Crippen LogP contribution in [0.5, 0.6) is 0 Å². The van der Waals surface area contributed by atoms with Crippen LogP contribution in [-0.2, 0) is 6.42 Å². The number of aryl methyl sites for hydroxylation is 1. The molecule has 2 nitrogen and oxygen atoms in total. The number of carbonyl (C=O) groups excluding carboxylic acids is 1. The van der Waals surface area contributed by atoms with E-state index in [0.717, 1.165) is 17.7 Å². The summed E-state index contributed by atoms with van der Waals surface area (Å²) in [4.78, 5) is 11.0. The number of rotatable bonds is 3. The summed E-state index contributed by atoms with van der Waals surface area (Å²) in [6.45, 7) is 2.07. The Labute approximate surface area is 112 Å². The van der Waals surface area contributed by atoms with E-state index in [1.165, 1.54) is 11.1 Å². The summed E-state index contributed by atoms with van der Waals surface area (Å²) >= 11 is 3.75. The van der Waals surface area contributed by atoms with E-state index in [9.17, 15) is 4.79 Å². The summed E-state index contributed by atoms with van der Waals surface area (Å²) < 4.78 is 0. The van der Waals surface area contributed by atoms with Crippen LogP contribution in [0, 0.1) is 6.92 Å². The van der Waals surface area contributed by atoms with Gasteiger partial charge < -0.3 is 5.32 Å². The van der Waals surface area contributed by atoms with Gasteiger partial charge in [0.1, 0.15) is 0 Å². The summed E-state index contributed by atoms with van der Waals surface area (Å²) in [5.74, 6) is 0. The molecule has 2 aromatic rings. The van der Waals surface area contributed by atoms with Gasteiger partial charge in [-0.15, -0.1) is 0 Å². The molecular weight excluding hydrogens is 242 g/mol. The van der Waals surface area contributed by atoms with E-state index in [4.69, 9.17) is 0 Å². The fourth-order valence-corrected chi connectivity index (χ4v) is 2.07. The molecule has 0 aliphatic carbocycles. The van der Waals surface area contributed by atoms with Crippen LogP contribution in [0.25, 0.3) is 0 Å². The van der Waals surface area contributed by atoms with Gasteiger partial charge in [0.25, 0.3) is 5.24 Å². The maximum absolute atomic E-state index is 11.0. The predicted molar refractivity (Wildman–Crippen MR) is 78.4 cm³/mol. The molecule has 0 radical (unpaired) electrons. The third kappa shape index (κ3) is 3.37. The summed E-state index contributed by atoms with van der Waals surface area (Å²) in [5, 5.41) is 2.39. The van der Waals surface area contributed by atoms with Crippen molar-refractivity contribution in [2.45, 2.75) is 13.3 Å². The molecule has 0 bridgehead atoms. The average molecular weight is 257 g/mol. The number of carbonyl (C=O) groups is 1. The Morgan fingerprint density at radius 1 is 1.17 bits per heavy atom. The van der Waals surface area contributed by atoms with Gasteiger partial charge in [-0.1, -0.05) is 60.7 Å². The smallest absolute Gasteiger partial charge is 0.280 e. The van der Waals surface area contributed by atoms with Crippen LogP contribution in [0.2, 0.25) is 0 Å². The van der Waals surface area contributed by atoms with Gasteiger partial charge in [0.05, 0.1) is 0 Å². The quantitative estimate of drug-likeness (QED) is 0.798. The lowest BCUT2D eigenvalue weighted by molar-refractivity contribution is 0.270. The molecular formula is C15H15NOS. The number of anilines is 1. The Morgan fingerprint density at radius 3 is 2.67 bits per heavy atom. The van der Waals surface area contributed by atoms with E-state index in [-0.39, 0.29) is 5.24 Å². The predicted octanol–water partition coefficient (Wildman–Crippen LogP) is 4.05. The second-order valence-electron chi connectivity index (χ2n) is 4.25. The van der Waals surface area contributed by atoms with Crippen LogP contribution in [0.4, 0.5) is 10.5 Å². The normalized spacial score (nSPS) is 10.1. The van der Waals surface area contributed by atoms with Crippen LogP contribution < -0.4 is 5.32 Å². The van der Waals surface area contributed by atoms with Gasteiger partial charge in [-0.25, -0.2) is 0 Å². The van der Waals surface area contributed by atoms with Gasteiger partial charge >= 0.3 is 0 Å². The molecule has 1 N–H and O–H groups in total. The fraction of sp³-hybridized carbons (Fsp3) is 0.133. The first-order valence-electron chi connectivity index (χ1n) is 5.78. The number of thiol groups is 1. The molecule has 2 rings (SSSR count). The Kier molecular flexibility index (Phi) is 4.05. The number of benzene rings is 2. The molecule has 0 unspecified atom stereocenters. The van der Waals surface area contributed by atoms with Gasteiger partial charge in [-0.2, -0.15) is 0 Å². The van der Waals surface area contributed by atoms with E-state index in [1.54, 1.807) is 0 Å². The van der Waals surface area contributed by atoms with Crippen molar-refractivity contribution in [1.82, 2.24) is 0 Å². The lowest BCUT2D eigenvalue weighted by Gasteiger charge is -2.09. The highest BCUT2D eigenvalue weighted by Gasteiger charge is 2.04. The highest BCUT2D eigenvalue weighted by molar-refractivity contribution is 7.96. The van der Waals surface area contributed by atoms with Crippen LogP contribution in [0.15, 0.2) is 48.5 Å². The zero-order chi connectivity index (χ0) is 13.0. The molecule has 0 atom stereocenters. The SMILES string of the molecule is Cc1cccc(Cc2ccccc2NC(=O)S)c1. The van der Waals surface area contributed by atoms with Gasteiger partial charge in [-0.05, 0) is 30.5 Å². The molecule has 92 valence electrons. The van der Waals surface area contributed by atoms with Crippen molar-refractivity contribution in [2.24, 2.45) is 0 Å². The van der Waals surface area contributed by atoms with E-state index in [2.05, 4.69) is 43.1 Å². The molecule has 0 saturated heterocycles. The van der Waals surface area contributed by atoms with E-state index >= 15 is 0 Å². The molecule has 3 heteroatoms. The minimum atomic E-state index is -0.341. The third-order valence-electron chi connectivity index (χ3n) is 2.74. The largest absolute Gasteiger partial charge is 0.317 e. The number of nitrogens with one attached hydrogen (secondary N) is 1. The number of amides is 1. The van der Waals surface area contributed by atoms with Crippen molar-refractivity contribution >= 4 is 23.6 Å². The van der Waals surface area contributed by atoms with Crippen molar-refractivity contribution in [1.29, 1.82) is 0 Å². The molecule has 2 aromatic carbocycles. The molecule has 0 fully saturated rings. The molecule has 0 aliphatic rings. The molecule has 0 spiro atoms. The first-order valence-corrected chi connectivity index (χ1v) is 6.23. The van der Waals surface area contributed by atoms with Gasteiger partial charge in [0, 0.05) is 5.69 Å². The second-order valence-corrected chi connectivity index (χ2v) is 4.66. The summed E-state index contributed by atoms with van der Waals surface area (Å²) in [6.07, 6.45) is 0.798. The zero-order valence-electron chi connectivity index (χ0n) is 10.2. The average Bonchev–Trinajstić information content (AvgIpc) is 2.31. The van der Waals surface area contributed by atoms with Gasteiger partial charge in [-0.3, -0.25) is 4.79 Å². The van der Waals surface area contributed by atoms with E-state index in [0.29, 0.717) is 0 Å². The Hall–Kier alpha value is -1.74. The van der Waals surface area contributed by atoms with Gasteiger partial charge in [0.15, 0.2) is 0 Å². The summed E-state index contributed by atoms with van der Waals surface area (Å²) in [5.41, 5.74) is 4.38. The Bertz CT molecular complexity index is 566. The topological polar surface area (TPSA) is 29.1 Å². The van der Waals surface area contributed by atoms with Crippen molar-refractivity contribution < 1.29 is 4.79 Å². The summed E-state index contributed by atoms with van der Waals surface area (Å²) in [7, 11) is 0. The van der Waals surface area contributed by atoms with Gasteiger partial charge in [0.2, 0.25) is 0 Å². The molecule has 18 heavy (non-hydrogen) atoms. The maximum atomic E-state index is 11.0. The minimum Gasteiger partial charge on any atom is -0.317 e. The molecule has 0 saturated carbocycles. The van der Waals surface area contributed by atoms with E-state index in [1.807, 2.05) is 30.3 Å². The fourth-order valence-electron chi connectivity index (χ4n) is 1.95. The van der Waals surface area contributed by atoms with Crippen molar-refractivity contribution in [3.8, 4) is 0 Å². The van der Waals surface area contributed by atoms with Crippen LogP contribution in [-0.4, -0.2) is 5.24 Å². The third-order valence-corrected chi connectivity index (χ3v) is 2.85. The molecule has 1 amide bonds. The lowest BCUT2D eigenvalue weighted by Crippen LogP contribution is -2.04. The van der Waals surface area contributed by atoms with E-state index < -0.39 is 0 Å². The number of hydrogen-bond donors (Lipinski definition) is 2. The highest BCUT2D eigenvalue weighted by Crippen LogP contribution is 2.20. The van der Waals surface area contributed by atoms with Crippen molar-refractivity contribution in [3.63, 3.8) is 0 Å². The lowest BCUT2D eigenvalue weighted by atomic mass is 10.0. The maximum Gasteiger partial charge on any atom is 0.280 e. The van der Waals surface area contributed by atoms with Crippen LogP contribution in [0.1, 0.15) is 16.7 Å².